The average Bonchev–Trinajstić information content (AvgIpc) is 3.10. The molecule has 0 radical (unpaired) electrons. The van der Waals surface area contributed by atoms with Gasteiger partial charge in [-0.05, 0) is 51.4 Å². The molecule has 9 nitrogen and oxygen atoms in total. The number of esters is 2. The van der Waals surface area contributed by atoms with Crippen molar-refractivity contribution >= 4 is 19.8 Å². The van der Waals surface area contributed by atoms with Crippen LogP contribution in [0.3, 0.4) is 0 Å². The molecule has 0 bridgehead atoms. The summed E-state index contributed by atoms with van der Waals surface area (Å²) in [6.45, 7) is 4.25. The molecule has 0 amide bonds. The lowest BCUT2D eigenvalue weighted by molar-refractivity contribution is -0.870. The van der Waals surface area contributed by atoms with Crippen LogP contribution in [-0.4, -0.2) is 74.9 Å². The molecular formula is C43H79NO8P+. The summed E-state index contributed by atoms with van der Waals surface area (Å²) in [5.41, 5.74) is 0. The van der Waals surface area contributed by atoms with Crippen molar-refractivity contribution in [3.8, 4) is 0 Å². The number of carbonyl (C=O) groups is 2. The number of phosphoric ester groups is 1. The molecule has 0 aromatic carbocycles. The molecular weight excluding hydrogens is 689 g/mol. The second-order valence-electron chi connectivity index (χ2n) is 15.0. The van der Waals surface area contributed by atoms with Gasteiger partial charge in [0.1, 0.15) is 19.8 Å². The predicted octanol–water partition coefficient (Wildman–Crippen LogP) is 11.5. The summed E-state index contributed by atoms with van der Waals surface area (Å²) in [5, 5.41) is 0. The van der Waals surface area contributed by atoms with Crippen LogP contribution in [0.5, 0.6) is 0 Å². The summed E-state index contributed by atoms with van der Waals surface area (Å²) >= 11 is 0. The Kier molecular flexibility index (Phi) is 34.3. The normalized spacial score (nSPS) is 14.2. The molecule has 53 heavy (non-hydrogen) atoms. The molecule has 1 unspecified atom stereocenters. The summed E-state index contributed by atoms with van der Waals surface area (Å²) in [7, 11) is 1.45. The molecule has 1 N–H and O–H groups in total. The Morgan fingerprint density at radius 1 is 0.604 bits per heavy atom. The lowest BCUT2D eigenvalue weighted by Crippen LogP contribution is -2.37. The Bertz CT molecular complexity index is 1050. The minimum absolute atomic E-state index is 0.0246. The maximum Gasteiger partial charge on any atom is 0.472 e. The number of ether oxygens (including phenoxy) is 2. The summed E-state index contributed by atoms with van der Waals surface area (Å²) in [6.07, 6.45) is 40.2. The maximum atomic E-state index is 12.7. The van der Waals surface area contributed by atoms with E-state index < -0.39 is 32.5 Å². The van der Waals surface area contributed by atoms with Crippen molar-refractivity contribution in [1.82, 2.24) is 0 Å². The molecule has 308 valence electrons. The van der Waals surface area contributed by atoms with Gasteiger partial charge in [0.25, 0.3) is 0 Å². The van der Waals surface area contributed by atoms with E-state index in [1.807, 2.05) is 21.1 Å². The second-order valence-corrected chi connectivity index (χ2v) is 16.5. The van der Waals surface area contributed by atoms with E-state index >= 15 is 0 Å². The van der Waals surface area contributed by atoms with E-state index in [1.165, 1.54) is 70.6 Å². The Balaban J connectivity index is 4.46. The van der Waals surface area contributed by atoms with Crippen LogP contribution in [0.25, 0.3) is 0 Å². The number of quaternary nitrogens is 1. The van der Waals surface area contributed by atoms with Gasteiger partial charge in [-0.2, -0.15) is 0 Å². The zero-order valence-corrected chi connectivity index (χ0v) is 35.4. The largest absolute Gasteiger partial charge is 0.472 e. The van der Waals surface area contributed by atoms with E-state index in [0.717, 1.165) is 51.4 Å². The average molecular weight is 769 g/mol. The molecule has 0 fully saturated rings. The van der Waals surface area contributed by atoms with Crippen LogP contribution >= 0.6 is 7.82 Å². The number of hydrogen-bond donors (Lipinski definition) is 1. The molecule has 0 saturated heterocycles. The molecule has 0 aromatic heterocycles. The van der Waals surface area contributed by atoms with Gasteiger partial charge in [-0.15, -0.1) is 0 Å². The Labute approximate surface area is 324 Å². The van der Waals surface area contributed by atoms with Crippen LogP contribution in [0, 0.1) is 0 Å². The molecule has 0 aliphatic heterocycles. The van der Waals surface area contributed by atoms with Gasteiger partial charge in [0.15, 0.2) is 6.10 Å². The lowest BCUT2D eigenvalue weighted by atomic mass is 10.0. The van der Waals surface area contributed by atoms with Crippen molar-refractivity contribution in [2.45, 2.75) is 168 Å². The van der Waals surface area contributed by atoms with Gasteiger partial charge in [0.05, 0.1) is 27.7 Å². The number of likely N-dealkylation sites (N-methyl/N-ethyl adjacent to an activating group) is 1. The molecule has 0 heterocycles. The van der Waals surface area contributed by atoms with Gasteiger partial charge in [0, 0.05) is 12.8 Å². The first-order valence-corrected chi connectivity index (χ1v) is 22.4. The van der Waals surface area contributed by atoms with Crippen LogP contribution in [0.15, 0.2) is 48.6 Å². The topological polar surface area (TPSA) is 108 Å². The zero-order chi connectivity index (χ0) is 39.3. The van der Waals surface area contributed by atoms with Crippen LogP contribution in [0.4, 0.5) is 0 Å². The van der Waals surface area contributed by atoms with E-state index in [4.69, 9.17) is 18.5 Å². The number of phosphoric acid groups is 1. The minimum Gasteiger partial charge on any atom is -0.462 e. The van der Waals surface area contributed by atoms with Gasteiger partial charge in [0.2, 0.25) is 0 Å². The van der Waals surface area contributed by atoms with Gasteiger partial charge in [-0.25, -0.2) is 4.57 Å². The van der Waals surface area contributed by atoms with Gasteiger partial charge < -0.3 is 18.9 Å². The minimum atomic E-state index is -4.38. The summed E-state index contributed by atoms with van der Waals surface area (Å²) in [5.74, 6) is -0.847. The van der Waals surface area contributed by atoms with Crippen LogP contribution in [-0.2, 0) is 32.7 Å². The molecule has 0 aliphatic carbocycles. The van der Waals surface area contributed by atoms with Crippen LogP contribution in [0.2, 0.25) is 0 Å². The van der Waals surface area contributed by atoms with Crippen molar-refractivity contribution in [2.24, 2.45) is 0 Å². The predicted molar refractivity (Wildman–Crippen MR) is 220 cm³/mol. The number of carbonyl (C=O) groups excluding carboxylic acids is 2. The molecule has 0 aromatic rings. The quantitative estimate of drug-likeness (QED) is 0.0219. The molecule has 10 heteroatoms. The smallest absolute Gasteiger partial charge is 0.462 e. The second kappa shape index (κ2) is 35.7. The van der Waals surface area contributed by atoms with E-state index in [2.05, 4.69) is 62.5 Å². The first-order chi connectivity index (χ1) is 25.5. The van der Waals surface area contributed by atoms with Gasteiger partial charge in [-0.1, -0.05) is 146 Å². The Morgan fingerprint density at radius 2 is 1.08 bits per heavy atom. The van der Waals surface area contributed by atoms with E-state index in [-0.39, 0.29) is 26.1 Å². The van der Waals surface area contributed by atoms with Crippen LogP contribution in [0.1, 0.15) is 162 Å². The molecule has 0 rings (SSSR count). The summed E-state index contributed by atoms with van der Waals surface area (Å²) in [6, 6.07) is 0. The Hall–Kier alpha value is -2.03. The fourth-order valence-electron chi connectivity index (χ4n) is 5.36. The standard InChI is InChI=1S/C43H78NO8P/c1-6-8-10-12-14-16-18-20-22-24-25-27-29-31-33-35-42(45)49-39-41(40-51-53(47,48)50-38-37-44(3,4)5)52-43(46)36-34-32-30-28-26-23-21-19-17-15-13-11-9-7-2/h8,10,14,16,20,22,25,27,41H,6-7,9,11-13,15,17-19,21,23-24,26,28-40H2,1-5H3/p+1/b10-8+,16-14+,22-20+,27-25+/t41-/m1/s1. The Morgan fingerprint density at radius 3 is 1.60 bits per heavy atom. The number of rotatable bonds is 37. The van der Waals surface area contributed by atoms with E-state index in [0.29, 0.717) is 23.9 Å². The van der Waals surface area contributed by atoms with Crippen molar-refractivity contribution in [1.29, 1.82) is 0 Å². The molecule has 0 saturated carbocycles. The van der Waals surface area contributed by atoms with Gasteiger partial charge in [-0.3, -0.25) is 18.6 Å². The third-order valence-corrected chi connectivity index (χ3v) is 9.61. The van der Waals surface area contributed by atoms with Crippen molar-refractivity contribution in [3.05, 3.63) is 48.6 Å². The first kappa shape index (κ1) is 51.0. The van der Waals surface area contributed by atoms with Crippen LogP contribution < -0.4 is 0 Å². The van der Waals surface area contributed by atoms with Crippen molar-refractivity contribution < 1.29 is 42.1 Å². The first-order valence-electron chi connectivity index (χ1n) is 20.9. The number of unbranched alkanes of at least 4 members (excludes halogenated alkanes) is 15. The monoisotopic (exact) mass is 769 g/mol. The van der Waals surface area contributed by atoms with Crippen molar-refractivity contribution in [3.63, 3.8) is 0 Å². The fraction of sp³-hybridized carbons (Fsp3) is 0.767. The zero-order valence-electron chi connectivity index (χ0n) is 34.5. The molecule has 2 atom stereocenters. The summed E-state index contributed by atoms with van der Waals surface area (Å²) in [4.78, 5) is 35.3. The SMILES string of the molecule is CC/C=C/C/C=C/C/C=C/C/C=C/CCCCC(=O)OC[C@H](COP(=O)(O)OCC[N+](C)(C)C)OC(=O)CCCCCCCCCCCCCCCC. The highest BCUT2D eigenvalue weighted by molar-refractivity contribution is 7.47. The van der Waals surface area contributed by atoms with E-state index in [9.17, 15) is 19.0 Å². The number of allylic oxidation sites excluding steroid dienone is 8. The number of nitrogens with zero attached hydrogens (tertiary/aromatic N) is 1. The summed E-state index contributed by atoms with van der Waals surface area (Å²) < 4.78 is 34.2. The molecule has 0 aliphatic rings. The van der Waals surface area contributed by atoms with Crippen molar-refractivity contribution in [2.75, 3.05) is 47.5 Å². The van der Waals surface area contributed by atoms with Gasteiger partial charge >= 0.3 is 19.8 Å². The maximum absolute atomic E-state index is 12.7. The molecule has 0 spiro atoms. The third-order valence-electron chi connectivity index (χ3n) is 8.62. The highest BCUT2D eigenvalue weighted by Crippen LogP contribution is 2.43. The van der Waals surface area contributed by atoms with E-state index in [1.54, 1.807) is 0 Å². The third kappa shape index (κ3) is 39.5. The highest BCUT2D eigenvalue weighted by Gasteiger charge is 2.27. The lowest BCUT2D eigenvalue weighted by Gasteiger charge is -2.24. The highest BCUT2D eigenvalue weighted by atomic mass is 31.2. The number of hydrogen-bond acceptors (Lipinski definition) is 7. The fourth-order valence-corrected chi connectivity index (χ4v) is 6.10.